The van der Waals surface area contributed by atoms with Gasteiger partial charge in [0.25, 0.3) is 0 Å². The fourth-order valence-corrected chi connectivity index (χ4v) is 3.09. The normalized spacial score (nSPS) is 14.2. The molecule has 2 aliphatic heterocycles. The van der Waals surface area contributed by atoms with E-state index >= 15 is 0 Å². The number of halogens is 1. The van der Waals surface area contributed by atoms with E-state index in [0.29, 0.717) is 41.7 Å². The predicted molar refractivity (Wildman–Crippen MR) is 102 cm³/mol. The third kappa shape index (κ3) is 3.38. The molecule has 0 unspecified atom stereocenters. The number of anilines is 4. The van der Waals surface area contributed by atoms with Gasteiger partial charge in [-0.3, -0.25) is 0 Å². The lowest BCUT2D eigenvalue weighted by atomic mass is 10.1. The molecule has 0 aliphatic carbocycles. The Morgan fingerprint density at radius 3 is 2.62 bits per heavy atom. The molecule has 0 radical (unpaired) electrons. The average Bonchev–Trinajstić information content (AvgIpc) is 3.11. The van der Waals surface area contributed by atoms with Crippen molar-refractivity contribution in [1.29, 1.82) is 0 Å². The fourth-order valence-electron chi connectivity index (χ4n) is 3.09. The molecule has 29 heavy (non-hydrogen) atoms. The molecule has 3 heterocycles. The summed E-state index contributed by atoms with van der Waals surface area (Å²) in [5, 5.41) is 5.90. The van der Waals surface area contributed by atoms with Gasteiger partial charge in [-0.05, 0) is 24.3 Å². The number of esters is 1. The van der Waals surface area contributed by atoms with E-state index in [0.717, 1.165) is 11.8 Å². The van der Waals surface area contributed by atoms with E-state index in [1.54, 1.807) is 36.4 Å². The van der Waals surface area contributed by atoms with Gasteiger partial charge >= 0.3 is 5.97 Å². The van der Waals surface area contributed by atoms with Crippen LogP contribution >= 0.6 is 0 Å². The topological polar surface area (TPSA) is 94.6 Å². The third-order valence-electron chi connectivity index (χ3n) is 4.49. The van der Waals surface area contributed by atoms with Gasteiger partial charge in [0, 0.05) is 23.0 Å². The van der Waals surface area contributed by atoms with Gasteiger partial charge in [0.2, 0.25) is 5.95 Å². The fraction of sp³-hybridized carbons (Fsp3) is 0.150. The quantitative estimate of drug-likeness (QED) is 0.649. The summed E-state index contributed by atoms with van der Waals surface area (Å²) in [6.07, 6.45) is 1.07. The van der Waals surface area contributed by atoms with Gasteiger partial charge in [-0.2, -0.15) is 4.98 Å². The van der Waals surface area contributed by atoms with Gasteiger partial charge in [0.15, 0.2) is 23.1 Å². The van der Waals surface area contributed by atoms with Gasteiger partial charge in [0.1, 0.15) is 19.8 Å². The second-order valence-electron chi connectivity index (χ2n) is 6.45. The van der Waals surface area contributed by atoms with Crippen LogP contribution in [0.5, 0.6) is 11.5 Å². The van der Waals surface area contributed by atoms with Crippen molar-refractivity contribution in [2.45, 2.75) is 6.61 Å². The molecule has 3 aromatic rings. The highest BCUT2D eigenvalue weighted by Crippen LogP contribution is 2.34. The zero-order chi connectivity index (χ0) is 19.8. The number of benzene rings is 2. The van der Waals surface area contributed by atoms with Crippen molar-refractivity contribution in [2.24, 2.45) is 0 Å². The molecule has 2 aromatic carbocycles. The van der Waals surface area contributed by atoms with E-state index in [-0.39, 0.29) is 24.3 Å². The number of cyclic esters (lactones) is 1. The van der Waals surface area contributed by atoms with Gasteiger partial charge in [-0.15, -0.1) is 0 Å². The van der Waals surface area contributed by atoms with Gasteiger partial charge in [-0.25, -0.2) is 14.2 Å². The standard InChI is InChI=1S/C20H15FN4O4/c21-15-9-22-20(24-12-2-1-11-10-29-19(26)14(11)7-12)25-18(15)23-13-3-4-16-17(8-13)28-6-5-27-16/h1-4,7-9H,5-6,10H2,(H2,22,23,24,25). The van der Waals surface area contributed by atoms with E-state index in [1.165, 1.54) is 0 Å². The molecule has 0 atom stereocenters. The van der Waals surface area contributed by atoms with Crippen LogP contribution in [-0.2, 0) is 11.3 Å². The lowest BCUT2D eigenvalue weighted by molar-refractivity contribution is 0.0535. The van der Waals surface area contributed by atoms with Crippen molar-refractivity contribution in [1.82, 2.24) is 9.97 Å². The Morgan fingerprint density at radius 2 is 1.72 bits per heavy atom. The number of carbonyl (C=O) groups is 1. The summed E-state index contributed by atoms with van der Waals surface area (Å²) < 4.78 is 30.2. The summed E-state index contributed by atoms with van der Waals surface area (Å²) in [6, 6.07) is 10.4. The molecule has 0 fully saturated rings. The second kappa shape index (κ2) is 6.93. The van der Waals surface area contributed by atoms with Crippen LogP contribution in [0, 0.1) is 5.82 Å². The number of hydrogen-bond donors (Lipinski definition) is 2. The summed E-state index contributed by atoms with van der Waals surface area (Å²) in [5.74, 6) is 0.423. The molecule has 0 saturated carbocycles. The highest BCUT2D eigenvalue weighted by Gasteiger charge is 2.21. The molecule has 1 aromatic heterocycles. The number of nitrogens with one attached hydrogen (secondary N) is 2. The number of aromatic nitrogens is 2. The van der Waals surface area contributed by atoms with Crippen molar-refractivity contribution < 1.29 is 23.4 Å². The molecule has 2 aliphatic rings. The summed E-state index contributed by atoms with van der Waals surface area (Å²) in [5.41, 5.74) is 2.51. The number of rotatable bonds is 4. The maximum atomic E-state index is 14.2. The van der Waals surface area contributed by atoms with Crippen molar-refractivity contribution in [2.75, 3.05) is 23.8 Å². The van der Waals surface area contributed by atoms with Gasteiger partial charge < -0.3 is 24.8 Å². The number of ether oxygens (including phenoxy) is 3. The number of nitrogens with zero attached hydrogens (tertiary/aromatic N) is 2. The summed E-state index contributed by atoms with van der Waals surface area (Å²) >= 11 is 0. The zero-order valence-electron chi connectivity index (χ0n) is 15.1. The van der Waals surface area contributed by atoms with Crippen LogP contribution in [0.3, 0.4) is 0 Å². The highest BCUT2D eigenvalue weighted by molar-refractivity contribution is 5.94. The number of hydrogen-bond acceptors (Lipinski definition) is 8. The summed E-state index contributed by atoms with van der Waals surface area (Å²) in [6.45, 7) is 1.22. The second-order valence-corrected chi connectivity index (χ2v) is 6.45. The van der Waals surface area contributed by atoms with E-state index in [9.17, 15) is 9.18 Å². The van der Waals surface area contributed by atoms with Gasteiger partial charge in [-0.1, -0.05) is 6.07 Å². The molecule has 9 heteroatoms. The minimum atomic E-state index is -0.608. The van der Waals surface area contributed by atoms with E-state index in [1.807, 2.05) is 0 Å². The maximum absolute atomic E-state index is 14.2. The Balaban J connectivity index is 1.38. The lowest BCUT2D eigenvalue weighted by Gasteiger charge is -2.19. The van der Waals surface area contributed by atoms with Crippen molar-refractivity contribution >= 4 is 29.1 Å². The van der Waals surface area contributed by atoms with Gasteiger partial charge in [0.05, 0.1) is 11.8 Å². The Morgan fingerprint density at radius 1 is 0.931 bits per heavy atom. The van der Waals surface area contributed by atoms with Crippen LogP contribution in [0.25, 0.3) is 0 Å². The lowest BCUT2D eigenvalue weighted by Crippen LogP contribution is -2.15. The largest absolute Gasteiger partial charge is 0.486 e. The molecular formula is C20H15FN4O4. The molecule has 0 amide bonds. The first-order valence-electron chi connectivity index (χ1n) is 8.92. The van der Waals surface area contributed by atoms with Crippen molar-refractivity contribution in [3.8, 4) is 11.5 Å². The number of carbonyl (C=O) groups excluding carboxylic acids is 1. The first kappa shape index (κ1) is 17.2. The highest BCUT2D eigenvalue weighted by atomic mass is 19.1. The van der Waals surface area contributed by atoms with Crippen LogP contribution < -0.4 is 20.1 Å². The Hall–Kier alpha value is -3.88. The van der Waals surface area contributed by atoms with Crippen LogP contribution in [0.2, 0.25) is 0 Å². The monoisotopic (exact) mass is 394 g/mol. The summed E-state index contributed by atoms with van der Waals surface area (Å²) in [4.78, 5) is 19.9. The zero-order valence-corrected chi connectivity index (χ0v) is 15.1. The van der Waals surface area contributed by atoms with Crippen molar-refractivity contribution in [3.05, 3.63) is 59.5 Å². The molecule has 2 N–H and O–H groups in total. The third-order valence-corrected chi connectivity index (χ3v) is 4.49. The van der Waals surface area contributed by atoms with Crippen LogP contribution in [0.15, 0.2) is 42.6 Å². The van der Waals surface area contributed by atoms with Crippen LogP contribution in [0.1, 0.15) is 15.9 Å². The molecule has 5 rings (SSSR count). The Bertz CT molecular complexity index is 1120. The van der Waals surface area contributed by atoms with Crippen LogP contribution in [-0.4, -0.2) is 29.2 Å². The average molecular weight is 394 g/mol. The first-order chi connectivity index (χ1) is 14.2. The van der Waals surface area contributed by atoms with E-state index in [2.05, 4.69) is 20.6 Å². The molecule has 0 spiro atoms. The minimum Gasteiger partial charge on any atom is -0.486 e. The SMILES string of the molecule is O=C1OCc2ccc(Nc3ncc(F)c(Nc4ccc5c(c4)OCCO5)n3)cc21. The predicted octanol–water partition coefficient (Wildman–Crippen LogP) is 3.54. The smallest absolute Gasteiger partial charge is 0.338 e. The van der Waals surface area contributed by atoms with Crippen LogP contribution in [0.4, 0.5) is 27.5 Å². The minimum absolute atomic E-state index is 0.000234. The van der Waals surface area contributed by atoms with E-state index in [4.69, 9.17) is 14.2 Å². The molecule has 8 nitrogen and oxygen atoms in total. The Kier molecular flexibility index (Phi) is 4.12. The van der Waals surface area contributed by atoms with Crippen molar-refractivity contribution in [3.63, 3.8) is 0 Å². The maximum Gasteiger partial charge on any atom is 0.338 e. The molecule has 0 saturated heterocycles. The molecule has 0 bridgehead atoms. The number of fused-ring (bicyclic) bond motifs is 2. The Labute approximate surface area is 164 Å². The molecule has 146 valence electrons. The van der Waals surface area contributed by atoms with E-state index < -0.39 is 5.82 Å². The first-order valence-corrected chi connectivity index (χ1v) is 8.92. The molecular weight excluding hydrogens is 379 g/mol. The summed E-state index contributed by atoms with van der Waals surface area (Å²) in [7, 11) is 0.